The number of allylic oxidation sites excluding steroid dienone is 1. The van der Waals surface area contributed by atoms with Crippen molar-refractivity contribution in [2.24, 2.45) is 0 Å². The molecule has 6 nitrogen and oxygen atoms in total. The first-order chi connectivity index (χ1) is 19.0. The number of nitrogens with one attached hydrogen (secondary N) is 3. The number of aryl methyl sites for hydroxylation is 1. The number of aromatic nitrogens is 2. The van der Waals surface area contributed by atoms with E-state index < -0.39 is 0 Å². The lowest BCUT2D eigenvalue weighted by Gasteiger charge is -2.18. The van der Waals surface area contributed by atoms with Crippen LogP contribution in [0.25, 0.3) is 27.5 Å². The van der Waals surface area contributed by atoms with Gasteiger partial charge in [0, 0.05) is 65.4 Å². The molecule has 5 rings (SSSR count). The van der Waals surface area contributed by atoms with Crippen molar-refractivity contribution in [2.45, 2.75) is 6.92 Å². The van der Waals surface area contributed by atoms with Crippen molar-refractivity contribution in [3.8, 4) is 11.1 Å². The normalized spacial score (nSPS) is 10.6. The van der Waals surface area contributed by atoms with E-state index in [2.05, 4.69) is 64.2 Å². The molecule has 2 aromatic heterocycles. The maximum absolute atomic E-state index is 12.8. The molecule has 0 saturated carbocycles. The van der Waals surface area contributed by atoms with Crippen molar-refractivity contribution < 1.29 is 4.79 Å². The molecule has 0 atom stereocenters. The summed E-state index contributed by atoms with van der Waals surface area (Å²) in [5.74, 6) is -0.224. The van der Waals surface area contributed by atoms with Gasteiger partial charge in [0.2, 0.25) is 0 Å². The second-order valence-electron chi connectivity index (χ2n) is 9.19. The Balaban J connectivity index is 1.50. The first-order valence-corrected chi connectivity index (χ1v) is 12.6. The summed E-state index contributed by atoms with van der Waals surface area (Å²) < 4.78 is 0. The van der Waals surface area contributed by atoms with Crippen LogP contribution >= 0.6 is 0 Å². The van der Waals surface area contributed by atoms with E-state index in [-0.39, 0.29) is 5.91 Å². The van der Waals surface area contributed by atoms with E-state index in [9.17, 15) is 4.79 Å². The van der Waals surface area contributed by atoms with Crippen molar-refractivity contribution in [2.75, 3.05) is 23.0 Å². The number of para-hydroxylation sites is 1. The number of carbonyl (C=O) groups is 1. The summed E-state index contributed by atoms with van der Waals surface area (Å²) in [5.41, 5.74) is 8.57. The van der Waals surface area contributed by atoms with Gasteiger partial charge < -0.3 is 16.0 Å². The predicted octanol–water partition coefficient (Wildman–Crippen LogP) is 7.54. The number of fused-ring (bicyclic) bond motifs is 1. The van der Waals surface area contributed by atoms with Crippen molar-refractivity contribution in [3.63, 3.8) is 0 Å². The number of benzene rings is 3. The fourth-order valence-electron chi connectivity index (χ4n) is 4.52. The van der Waals surface area contributed by atoms with Gasteiger partial charge in [-0.05, 0) is 65.4 Å². The number of pyridine rings is 2. The van der Waals surface area contributed by atoms with Gasteiger partial charge in [-0.3, -0.25) is 14.8 Å². The molecular formula is C33H29N5O. The molecule has 0 saturated heterocycles. The number of anilines is 3. The van der Waals surface area contributed by atoms with Gasteiger partial charge in [0.25, 0.3) is 5.91 Å². The van der Waals surface area contributed by atoms with Gasteiger partial charge in [-0.1, -0.05) is 49.6 Å². The summed E-state index contributed by atoms with van der Waals surface area (Å²) in [4.78, 5) is 21.4. The molecule has 0 bridgehead atoms. The van der Waals surface area contributed by atoms with Crippen LogP contribution in [0.3, 0.4) is 0 Å². The van der Waals surface area contributed by atoms with Gasteiger partial charge in [0.1, 0.15) is 0 Å². The highest BCUT2D eigenvalue weighted by Gasteiger charge is 2.15. The molecule has 0 aliphatic carbocycles. The average Bonchev–Trinajstić information content (AvgIpc) is 2.98. The van der Waals surface area contributed by atoms with Crippen LogP contribution < -0.4 is 16.0 Å². The van der Waals surface area contributed by atoms with E-state index >= 15 is 0 Å². The van der Waals surface area contributed by atoms with Gasteiger partial charge in [-0.2, -0.15) is 0 Å². The minimum absolute atomic E-state index is 0.224. The van der Waals surface area contributed by atoms with Crippen molar-refractivity contribution >= 4 is 39.3 Å². The van der Waals surface area contributed by atoms with Crippen molar-refractivity contribution in [1.82, 2.24) is 9.97 Å². The summed E-state index contributed by atoms with van der Waals surface area (Å²) in [6.07, 6.45) is 6.80. The zero-order chi connectivity index (χ0) is 27.4. The van der Waals surface area contributed by atoms with E-state index in [1.54, 1.807) is 30.7 Å². The third-order valence-electron chi connectivity index (χ3n) is 6.70. The Morgan fingerprint density at radius 1 is 0.769 bits per heavy atom. The lowest BCUT2D eigenvalue weighted by molar-refractivity contribution is 0.102. The standard InChI is InChI=1S/C33H29N5O/c1-21-9-5-6-12-30(21)37-23(3)22(2)27-17-24(14-15-31(27)34-4)28-19-36-20-29-26(28)11-7-13-32(29)38-33(39)25-10-8-16-35-18-25/h5-20,34,37H,2-3H2,1,4H3,(H,38,39). The number of amides is 1. The highest BCUT2D eigenvalue weighted by Crippen LogP contribution is 2.36. The molecule has 0 aliphatic heterocycles. The molecule has 2 heterocycles. The van der Waals surface area contributed by atoms with Crippen LogP contribution in [0.4, 0.5) is 17.1 Å². The van der Waals surface area contributed by atoms with Gasteiger partial charge in [0.05, 0.1) is 11.3 Å². The van der Waals surface area contributed by atoms with E-state index in [4.69, 9.17) is 0 Å². The maximum Gasteiger partial charge on any atom is 0.257 e. The smallest absolute Gasteiger partial charge is 0.257 e. The molecule has 1 amide bonds. The zero-order valence-corrected chi connectivity index (χ0v) is 22.0. The van der Waals surface area contributed by atoms with E-state index in [0.717, 1.165) is 55.7 Å². The molecule has 0 spiro atoms. The highest BCUT2D eigenvalue weighted by molar-refractivity contribution is 6.11. The average molecular weight is 512 g/mol. The van der Waals surface area contributed by atoms with Gasteiger partial charge in [-0.15, -0.1) is 0 Å². The van der Waals surface area contributed by atoms with Gasteiger partial charge >= 0.3 is 0 Å². The minimum Gasteiger partial charge on any atom is -0.388 e. The molecule has 192 valence electrons. The van der Waals surface area contributed by atoms with Gasteiger partial charge in [-0.25, -0.2) is 0 Å². The third kappa shape index (κ3) is 5.26. The lowest BCUT2D eigenvalue weighted by Crippen LogP contribution is -2.12. The largest absolute Gasteiger partial charge is 0.388 e. The molecular weight excluding hydrogens is 482 g/mol. The van der Waals surface area contributed by atoms with Crippen LogP contribution in [-0.2, 0) is 0 Å². The van der Waals surface area contributed by atoms with Crippen LogP contribution in [0, 0.1) is 6.92 Å². The van der Waals surface area contributed by atoms with E-state index in [0.29, 0.717) is 11.3 Å². The van der Waals surface area contributed by atoms with Crippen LogP contribution in [0.1, 0.15) is 21.5 Å². The lowest BCUT2D eigenvalue weighted by atomic mass is 9.94. The number of rotatable bonds is 8. The van der Waals surface area contributed by atoms with Crippen molar-refractivity contribution in [1.29, 1.82) is 0 Å². The number of carbonyl (C=O) groups excluding carboxylic acids is 1. The van der Waals surface area contributed by atoms with Crippen LogP contribution in [0.15, 0.2) is 116 Å². The van der Waals surface area contributed by atoms with Gasteiger partial charge in [0.15, 0.2) is 0 Å². The number of nitrogens with zero attached hydrogens (tertiary/aromatic N) is 2. The third-order valence-corrected chi connectivity index (χ3v) is 6.70. The van der Waals surface area contributed by atoms with E-state index in [1.165, 1.54) is 0 Å². The van der Waals surface area contributed by atoms with E-state index in [1.807, 2.05) is 55.7 Å². The van der Waals surface area contributed by atoms with Crippen LogP contribution in [-0.4, -0.2) is 22.9 Å². The molecule has 3 N–H and O–H groups in total. The fraction of sp³-hybridized carbons (Fsp3) is 0.0606. The zero-order valence-electron chi connectivity index (χ0n) is 22.0. The molecule has 5 aromatic rings. The quantitative estimate of drug-likeness (QED) is 0.188. The minimum atomic E-state index is -0.224. The first kappa shape index (κ1) is 25.4. The number of hydrogen-bond acceptors (Lipinski definition) is 5. The summed E-state index contributed by atoms with van der Waals surface area (Å²) >= 11 is 0. The Labute approximate surface area is 228 Å². The van der Waals surface area contributed by atoms with Crippen molar-refractivity contribution in [3.05, 3.63) is 133 Å². The van der Waals surface area contributed by atoms with Crippen LogP contribution in [0.5, 0.6) is 0 Å². The molecule has 0 fully saturated rings. The molecule has 0 aliphatic rings. The Hall–Kier alpha value is -5.23. The second kappa shape index (κ2) is 11.0. The molecule has 0 unspecified atom stereocenters. The number of hydrogen-bond donors (Lipinski definition) is 3. The highest BCUT2D eigenvalue weighted by atomic mass is 16.1. The predicted molar refractivity (Wildman–Crippen MR) is 162 cm³/mol. The molecule has 0 radical (unpaired) electrons. The molecule has 3 aromatic carbocycles. The summed E-state index contributed by atoms with van der Waals surface area (Å²) in [6.45, 7) is 10.7. The second-order valence-corrected chi connectivity index (χ2v) is 9.19. The summed E-state index contributed by atoms with van der Waals surface area (Å²) in [5, 5.41) is 11.5. The van der Waals surface area contributed by atoms with Crippen LogP contribution in [0.2, 0.25) is 0 Å². The Bertz CT molecular complexity index is 1710. The topological polar surface area (TPSA) is 78.9 Å². The summed E-state index contributed by atoms with van der Waals surface area (Å²) in [6, 6.07) is 23.6. The Morgan fingerprint density at radius 2 is 1.59 bits per heavy atom. The molecule has 6 heteroatoms. The SMILES string of the molecule is C=C(Nc1ccccc1C)C(=C)c1cc(-c2cncc3c(NC(=O)c4cccnc4)cccc23)ccc1NC. The first-order valence-electron chi connectivity index (χ1n) is 12.6. The Morgan fingerprint density at radius 3 is 2.36 bits per heavy atom. The fourth-order valence-corrected chi connectivity index (χ4v) is 4.52. The maximum atomic E-state index is 12.8. The Kier molecular flexibility index (Phi) is 7.19. The monoisotopic (exact) mass is 511 g/mol. The molecule has 39 heavy (non-hydrogen) atoms. The summed E-state index contributed by atoms with van der Waals surface area (Å²) in [7, 11) is 1.89.